The second kappa shape index (κ2) is 6.24. The zero-order valence-corrected chi connectivity index (χ0v) is 13.7. The Bertz CT molecular complexity index is 544. The molecule has 1 aromatic rings. The van der Waals surface area contributed by atoms with Gasteiger partial charge in [0.05, 0.1) is 11.0 Å². The lowest BCUT2D eigenvalue weighted by atomic mass is 9.89. The summed E-state index contributed by atoms with van der Waals surface area (Å²) in [5, 5.41) is 9.91. The summed E-state index contributed by atoms with van der Waals surface area (Å²) in [6, 6.07) is 6.89. The molecule has 0 aliphatic carbocycles. The predicted octanol–water partition coefficient (Wildman–Crippen LogP) is 2.50. The van der Waals surface area contributed by atoms with E-state index in [9.17, 15) is 13.5 Å². The average Bonchev–Trinajstić information content (AvgIpc) is 2.35. The fourth-order valence-electron chi connectivity index (χ4n) is 1.62. The van der Waals surface area contributed by atoms with E-state index in [0.29, 0.717) is 0 Å². The number of hydrogen-bond donors (Lipinski definition) is 2. The zero-order chi connectivity index (χ0) is 15.6. The van der Waals surface area contributed by atoms with Gasteiger partial charge in [-0.1, -0.05) is 46.8 Å². The maximum absolute atomic E-state index is 12.2. The third kappa shape index (κ3) is 4.58. The lowest BCUT2D eigenvalue weighted by Crippen LogP contribution is -2.39. The molecule has 20 heavy (non-hydrogen) atoms. The van der Waals surface area contributed by atoms with Gasteiger partial charge in [-0.05, 0) is 29.0 Å². The molecule has 0 spiro atoms. The van der Waals surface area contributed by atoms with E-state index in [2.05, 4.69) is 4.72 Å². The van der Waals surface area contributed by atoms with Crippen LogP contribution >= 0.6 is 0 Å². The summed E-state index contributed by atoms with van der Waals surface area (Å²) in [4.78, 5) is 0.241. The highest BCUT2D eigenvalue weighted by atomic mass is 32.2. The molecule has 0 amide bonds. The molecule has 1 rings (SSSR count). The van der Waals surface area contributed by atoms with Gasteiger partial charge in [-0.3, -0.25) is 0 Å². The highest BCUT2D eigenvalue weighted by molar-refractivity contribution is 7.89. The molecule has 0 aliphatic heterocycles. The molecule has 4 nitrogen and oxygen atoms in total. The van der Waals surface area contributed by atoms with Crippen LogP contribution < -0.4 is 4.72 Å². The quantitative estimate of drug-likeness (QED) is 0.878. The molecular formula is C15H25NO3S. The second-order valence-electron chi connectivity index (χ2n) is 6.46. The Hall–Kier alpha value is -0.910. The molecule has 0 aliphatic rings. The lowest BCUT2D eigenvalue weighted by molar-refractivity contribution is 0.0677. The zero-order valence-electron chi connectivity index (χ0n) is 12.8. The maximum atomic E-state index is 12.2. The summed E-state index contributed by atoms with van der Waals surface area (Å²) in [6.45, 7) is 9.64. The van der Waals surface area contributed by atoms with Crippen molar-refractivity contribution in [3.05, 3.63) is 29.8 Å². The number of aliphatic hydroxyl groups excluding tert-OH is 1. The van der Waals surface area contributed by atoms with E-state index in [0.717, 1.165) is 5.56 Å². The molecule has 0 bridgehead atoms. The van der Waals surface area contributed by atoms with Gasteiger partial charge < -0.3 is 5.11 Å². The molecule has 1 atom stereocenters. The summed E-state index contributed by atoms with van der Waals surface area (Å²) >= 11 is 0. The van der Waals surface area contributed by atoms with Gasteiger partial charge in [0.1, 0.15) is 0 Å². The van der Waals surface area contributed by atoms with Crippen LogP contribution in [0.3, 0.4) is 0 Å². The molecule has 2 N–H and O–H groups in total. The van der Waals surface area contributed by atoms with E-state index in [1.165, 1.54) is 0 Å². The van der Waals surface area contributed by atoms with Crippen LogP contribution in [-0.2, 0) is 10.0 Å². The second-order valence-corrected chi connectivity index (χ2v) is 8.23. The normalized spacial score (nSPS) is 14.6. The van der Waals surface area contributed by atoms with Crippen molar-refractivity contribution in [2.24, 2.45) is 5.41 Å². The summed E-state index contributed by atoms with van der Waals surface area (Å²) in [7, 11) is -3.58. The molecule has 0 saturated heterocycles. The third-order valence-electron chi connectivity index (χ3n) is 3.30. The van der Waals surface area contributed by atoms with Crippen LogP contribution in [0.4, 0.5) is 0 Å². The third-order valence-corrected chi connectivity index (χ3v) is 4.72. The van der Waals surface area contributed by atoms with Crippen molar-refractivity contribution in [3.8, 4) is 0 Å². The van der Waals surface area contributed by atoms with E-state index in [-0.39, 0.29) is 22.8 Å². The summed E-state index contributed by atoms with van der Waals surface area (Å²) < 4.78 is 26.9. The predicted molar refractivity (Wildman–Crippen MR) is 81.2 cm³/mol. The van der Waals surface area contributed by atoms with Gasteiger partial charge in [0, 0.05) is 6.54 Å². The molecule has 1 unspecified atom stereocenters. The summed E-state index contributed by atoms with van der Waals surface area (Å²) in [6.07, 6.45) is -0.731. The first-order valence-electron chi connectivity index (χ1n) is 6.82. The van der Waals surface area contributed by atoms with Crippen LogP contribution in [0.25, 0.3) is 0 Å². The smallest absolute Gasteiger partial charge is 0.240 e. The first-order valence-corrected chi connectivity index (χ1v) is 8.30. The van der Waals surface area contributed by atoms with E-state index in [1.54, 1.807) is 18.2 Å². The molecule has 114 valence electrons. The van der Waals surface area contributed by atoms with Crippen LogP contribution in [0, 0.1) is 5.41 Å². The Labute approximate surface area is 122 Å². The number of nitrogens with one attached hydrogen (secondary N) is 1. The Morgan fingerprint density at radius 2 is 1.85 bits per heavy atom. The standard InChI is InChI=1S/C15H25NO3S/c1-11(2)12-7-6-8-13(9-12)20(18,19)16-10-14(17)15(3,4)5/h6-9,11,14,16-17H,10H2,1-5H3. The summed E-state index contributed by atoms with van der Waals surface area (Å²) in [5.41, 5.74) is 0.617. The maximum Gasteiger partial charge on any atom is 0.240 e. The molecule has 5 heteroatoms. The first-order chi connectivity index (χ1) is 9.04. The van der Waals surface area contributed by atoms with E-state index >= 15 is 0 Å². The van der Waals surface area contributed by atoms with Gasteiger partial charge in [0.15, 0.2) is 0 Å². The fourth-order valence-corrected chi connectivity index (χ4v) is 2.71. The van der Waals surface area contributed by atoms with E-state index < -0.39 is 16.1 Å². The first kappa shape index (κ1) is 17.1. The van der Waals surface area contributed by atoms with Gasteiger partial charge in [0.2, 0.25) is 10.0 Å². The van der Waals surface area contributed by atoms with Gasteiger partial charge in [-0.25, -0.2) is 13.1 Å². The molecule has 0 radical (unpaired) electrons. The van der Waals surface area contributed by atoms with Crippen LogP contribution in [0.15, 0.2) is 29.2 Å². The fraction of sp³-hybridized carbons (Fsp3) is 0.600. The van der Waals surface area contributed by atoms with Crippen molar-refractivity contribution in [3.63, 3.8) is 0 Å². The highest BCUT2D eigenvalue weighted by Gasteiger charge is 2.24. The highest BCUT2D eigenvalue weighted by Crippen LogP contribution is 2.20. The van der Waals surface area contributed by atoms with Crippen molar-refractivity contribution >= 4 is 10.0 Å². The van der Waals surface area contributed by atoms with Crippen LogP contribution in [0.2, 0.25) is 0 Å². The molecule has 0 heterocycles. The van der Waals surface area contributed by atoms with E-state index in [1.807, 2.05) is 40.7 Å². The minimum Gasteiger partial charge on any atom is -0.391 e. The number of hydrogen-bond acceptors (Lipinski definition) is 3. The molecule has 0 aromatic heterocycles. The topological polar surface area (TPSA) is 66.4 Å². The average molecular weight is 299 g/mol. The monoisotopic (exact) mass is 299 g/mol. The molecule has 0 saturated carbocycles. The minimum absolute atomic E-state index is 0.0116. The largest absolute Gasteiger partial charge is 0.391 e. The van der Waals surface area contributed by atoms with Crippen molar-refractivity contribution in [2.45, 2.75) is 51.5 Å². The Morgan fingerprint density at radius 1 is 1.25 bits per heavy atom. The Balaban J connectivity index is 2.87. The van der Waals surface area contributed by atoms with Crippen molar-refractivity contribution < 1.29 is 13.5 Å². The lowest BCUT2D eigenvalue weighted by Gasteiger charge is -2.25. The number of aliphatic hydroxyl groups is 1. The molecule has 1 aromatic carbocycles. The summed E-state index contributed by atoms with van der Waals surface area (Å²) in [5.74, 6) is 0.269. The Kier molecular flexibility index (Phi) is 5.35. The SMILES string of the molecule is CC(C)c1cccc(S(=O)(=O)NCC(O)C(C)(C)C)c1. The minimum atomic E-state index is -3.58. The van der Waals surface area contributed by atoms with Crippen LogP contribution in [0.5, 0.6) is 0 Å². The van der Waals surface area contributed by atoms with E-state index in [4.69, 9.17) is 0 Å². The van der Waals surface area contributed by atoms with Crippen molar-refractivity contribution in [1.29, 1.82) is 0 Å². The molecular weight excluding hydrogens is 274 g/mol. The van der Waals surface area contributed by atoms with Crippen molar-refractivity contribution in [2.75, 3.05) is 6.54 Å². The number of sulfonamides is 1. The van der Waals surface area contributed by atoms with Gasteiger partial charge in [-0.15, -0.1) is 0 Å². The van der Waals surface area contributed by atoms with Crippen LogP contribution in [0.1, 0.15) is 46.1 Å². The van der Waals surface area contributed by atoms with Crippen molar-refractivity contribution in [1.82, 2.24) is 4.72 Å². The molecule has 0 fully saturated rings. The number of benzene rings is 1. The van der Waals surface area contributed by atoms with Gasteiger partial charge in [0.25, 0.3) is 0 Å². The number of rotatable bonds is 5. The van der Waals surface area contributed by atoms with Crippen LogP contribution in [-0.4, -0.2) is 26.2 Å². The Morgan fingerprint density at radius 3 is 2.35 bits per heavy atom. The van der Waals surface area contributed by atoms with Gasteiger partial charge >= 0.3 is 0 Å². The van der Waals surface area contributed by atoms with Gasteiger partial charge in [-0.2, -0.15) is 0 Å².